The Bertz CT molecular complexity index is 804. The van der Waals surface area contributed by atoms with Gasteiger partial charge in [-0.2, -0.15) is 0 Å². The number of likely N-dealkylation sites (N-methyl/N-ethyl adjacent to an activating group) is 1. The summed E-state index contributed by atoms with van der Waals surface area (Å²) in [6.07, 6.45) is 4.06. The molecule has 0 aromatic heterocycles. The Hall–Kier alpha value is -2.50. The summed E-state index contributed by atoms with van der Waals surface area (Å²) in [5.74, 6) is 7.29. The number of benzene rings is 2. The molecular weight excluding hydrogens is 330 g/mol. The van der Waals surface area contributed by atoms with Gasteiger partial charge < -0.3 is 4.74 Å². The maximum Gasteiger partial charge on any atom is 0.123 e. The van der Waals surface area contributed by atoms with Crippen LogP contribution in [0.5, 0.6) is 5.75 Å². The molecule has 0 bridgehead atoms. The molecule has 0 saturated carbocycles. The third kappa shape index (κ3) is 8.15. The van der Waals surface area contributed by atoms with Gasteiger partial charge >= 0.3 is 0 Å². The summed E-state index contributed by atoms with van der Waals surface area (Å²) < 4.78 is 6.04. The van der Waals surface area contributed by atoms with Crippen molar-refractivity contribution in [2.24, 2.45) is 5.41 Å². The molecule has 0 radical (unpaired) electrons. The Morgan fingerprint density at radius 1 is 1.04 bits per heavy atom. The minimum absolute atomic E-state index is 0.0499. The number of allylic oxidation sites excluding steroid dienone is 1. The first-order chi connectivity index (χ1) is 12.8. The highest BCUT2D eigenvalue weighted by Crippen LogP contribution is 2.21. The van der Waals surface area contributed by atoms with E-state index in [4.69, 9.17) is 4.74 Å². The number of hydrogen-bond acceptors (Lipinski definition) is 2. The third-order valence-corrected chi connectivity index (χ3v) is 4.01. The lowest BCUT2D eigenvalue weighted by atomic mass is 9.98. The Morgan fingerprint density at radius 2 is 1.78 bits per heavy atom. The normalized spacial score (nSPS) is 11.5. The Labute approximate surface area is 164 Å². The van der Waals surface area contributed by atoms with Gasteiger partial charge in [0.05, 0.1) is 0 Å². The summed E-state index contributed by atoms with van der Waals surface area (Å²) in [5, 5.41) is 0. The van der Waals surface area contributed by atoms with Gasteiger partial charge in [-0.25, -0.2) is 0 Å². The monoisotopic (exact) mass is 361 g/mol. The van der Waals surface area contributed by atoms with Crippen LogP contribution in [-0.2, 0) is 13.2 Å². The van der Waals surface area contributed by atoms with E-state index in [9.17, 15) is 0 Å². The molecule has 27 heavy (non-hydrogen) atoms. The molecule has 0 N–H and O–H groups in total. The van der Waals surface area contributed by atoms with Crippen LogP contribution in [0.3, 0.4) is 0 Å². The van der Waals surface area contributed by atoms with Crippen molar-refractivity contribution in [3.63, 3.8) is 0 Å². The van der Waals surface area contributed by atoms with E-state index in [1.54, 1.807) is 0 Å². The van der Waals surface area contributed by atoms with Crippen molar-refractivity contribution in [3.8, 4) is 17.6 Å². The van der Waals surface area contributed by atoms with Gasteiger partial charge in [0, 0.05) is 18.5 Å². The lowest BCUT2D eigenvalue weighted by molar-refractivity contribution is 0.302. The second kappa shape index (κ2) is 10.00. The average Bonchev–Trinajstić information content (AvgIpc) is 2.62. The van der Waals surface area contributed by atoms with E-state index in [0.29, 0.717) is 6.61 Å². The first-order valence-corrected chi connectivity index (χ1v) is 9.46. The zero-order chi connectivity index (χ0) is 19.7. The van der Waals surface area contributed by atoms with Crippen LogP contribution in [-0.4, -0.2) is 18.5 Å². The van der Waals surface area contributed by atoms with Crippen molar-refractivity contribution in [1.82, 2.24) is 4.90 Å². The highest BCUT2D eigenvalue weighted by molar-refractivity contribution is 5.37. The van der Waals surface area contributed by atoms with Crippen LogP contribution in [0.4, 0.5) is 0 Å². The molecule has 142 valence electrons. The van der Waals surface area contributed by atoms with E-state index in [0.717, 1.165) is 24.4 Å². The lowest BCUT2D eigenvalue weighted by Crippen LogP contribution is -2.17. The van der Waals surface area contributed by atoms with Gasteiger partial charge in [-0.05, 0) is 63.6 Å². The van der Waals surface area contributed by atoms with E-state index in [1.165, 1.54) is 11.1 Å². The van der Waals surface area contributed by atoms with E-state index in [-0.39, 0.29) is 5.41 Å². The standard InChI is InChI=1S/C25H31NO/c1-21-14-15-23(18-24(21)27-20-22-12-8-6-9-13-22)19-26(5)17-11-7-10-16-25(2,3)4/h6-9,11-15,18H,17,19-20H2,1-5H3. The Kier molecular flexibility index (Phi) is 7.70. The predicted molar refractivity (Wildman–Crippen MR) is 115 cm³/mol. The molecule has 0 unspecified atom stereocenters. The largest absolute Gasteiger partial charge is 0.489 e. The Morgan fingerprint density at radius 3 is 2.48 bits per heavy atom. The molecule has 2 rings (SSSR count). The maximum absolute atomic E-state index is 6.04. The summed E-state index contributed by atoms with van der Waals surface area (Å²) in [6, 6.07) is 16.7. The van der Waals surface area contributed by atoms with Gasteiger partial charge in [-0.3, -0.25) is 4.90 Å². The average molecular weight is 362 g/mol. The third-order valence-electron chi connectivity index (χ3n) is 4.01. The van der Waals surface area contributed by atoms with Gasteiger partial charge in [0.2, 0.25) is 0 Å². The number of aryl methyl sites for hydroxylation is 1. The second-order valence-electron chi connectivity index (χ2n) is 7.99. The minimum atomic E-state index is 0.0499. The zero-order valence-corrected chi connectivity index (χ0v) is 17.3. The molecule has 0 aliphatic heterocycles. The van der Waals surface area contributed by atoms with Crippen LogP contribution >= 0.6 is 0 Å². The van der Waals surface area contributed by atoms with Crippen LogP contribution in [0.2, 0.25) is 0 Å². The van der Waals surface area contributed by atoms with Crippen molar-refractivity contribution < 1.29 is 4.74 Å². The number of hydrogen-bond donors (Lipinski definition) is 0. The predicted octanol–water partition coefficient (Wildman–Crippen LogP) is 5.61. The van der Waals surface area contributed by atoms with Crippen LogP contribution in [0.15, 0.2) is 60.7 Å². The SMILES string of the molecule is Cc1ccc(CN(C)CC=CC#CC(C)(C)C)cc1OCc1ccccc1. The van der Waals surface area contributed by atoms with Gasteiger partial charge in [-0.15, -0.1) is 0 Å². The molecule has 0 aliphatic carbocycles. The van der Waals surface area contributed by atoms with Crippen molar-refractivity contribution >= 4 is 0 Å². The Balaban J connectivity index is 1.90. The quantitative estimate of drug-likeness (QED) is 0.594. The van der Waals surface area contributed by atoms with Crippen LogP contribution < -0.4 is 4.74 Å². The first kappa shape index (κ1) is 20.8. The first-order valence-electron chi connectivity index (χ1n) is 9.46. The van der Waals surface area contributed by atoms with Gasteiger partial charge in [0.15, 0.2) is 0 Å². The molecule has 2 heteroatoms. The zero-order valence-electron chi connectivity index (χ0n) is 17.3. The summed E-state index contributed by atoms with van der Waals surface area (Å²) in [5.41, 5.74) is 3.64. The van der Waals surface area contributed by atoms with Crippen molar-refractivity contribution in [2.45, 2.75) is 40.8 Å². The molecule has 0 fully saturated rings. The van der Waals surface area contributed by atoms with E-state index in [1.807, 2.05) is 24.3 Å². The molecule has 2 aromatic rings. The van der Waals surface area contributed by atoms with E-state index in [2.05, 4.69) is 87.9 Å². The fourth-order valence-electron chi connectivity index (χ4n) is 2.56. The molecule has 0 aliphatic rings. The summed E-state index contributed by atoms with van der Waals surface area (Å²) in [7, 11) is 2.12. The topological polar surface area (TPSA) is 12.5 Å². The highest BCUT2D eigenvalue weighted by atomic mass is 16.5. The smallest absolute Gasteiger partial charge is 0.123 e. The molecular formula is C25H31NO. The van der Waals surface area contributed by atoms with Crippen LogP contribution in [0, 0.1) is 24.2 Å². The molecule has 0 amide bonds. The second-order valence-corrected chi connectivity index (χ2v) is 7.99. The van der Waals surface area contributed by atoms with Gasteiger partial charge in [-0.1, -0.05) is 60.4 Å². The summed E-state index contributed by atoms with van der Waals surface area (Å²) >= 11 is 0. The van der Waals surface area contributed by atoms with Crippen LogP contribution in [0.1, 0.15) is 37.5 Å². The van der Waals surface area contributed by atoms with Crippen molar-refractivity contribution in [1.29, 1.82) is 0 Å². The fraction of sp³-hybridized carbons (Fsp3) is 0.360. The van der Waals surface area contributed by atoms with E-state index >= 15 is 0 Å². The molecule has 0 saturated heterocycles. The summed E-state index contributed by atoms with van der Waals surface area (Å²) in [4.78, 5) is 2.26. The van der Waals surface area contributed by atoms with Crippen molar-refractivity contribution in [2.75, 3.05) is 13.6 Å². The van der Waals surface area contributed by atoms with Gasteiger partial charge in [0.25, 0.3) is 0 Å². The molecule has 0 heterocycles. The number of ether oxygens (including phenoxy) is 1. The number of nitrogens with zero attached hydrogens (tertiary/aromatic N) is 1. The fourth-order valence-corrected chi connectivity index (χ4v) is 2.56. The molecule has 0 spiro atoms. The molecule has 2 nitrogen and oxygen atoms in total. The maximum atomic E-state index is 6.04. The number of rotatable bonds is 7. The van der Waals surface area contributed by atoms with Crippen LogP contribution in [0.25, 0.3) is 0 Å². The molecule has 2 aromatic carbocycles. The van der Waals surface area contributed by atoms with Crippen molar-refractivity contribution in [3.05, 3.63) is 77.4 Å². The van der Waals surface area contributed by atoms with Gasteiger partial charge in [0.1, 0.15) is 12.4 Å². The molecule has 0 atom stereocenters. The van der Waals surface area contributed by atoms with E-state index < -0.39 is 0 Å². The summed E-state index contributed by atoms with van der Waals surface area (Å²) in [6.45, 7) is 10.8. The lowest BCUT2D eigenvalue weighted by Gasteiger charge is -2.16. The highest BCUT2D eigenvalue weighted by Gasteiger charge is 2.05. The minimum Gasteiger partial charge on any atom is -0.489 e.